The molecule has 2 rings (SSSR count). The molecule has 84 valence electrons. The molecule has 0 aromatic heterocycles. The van der Waals surface area contributed by atoms with Crippen molar-refractivity contribution in [1.29, 1.82) is 5.26 Å². The Bertz CT molecular complexity index is 365. The highest BCUT2D eigenvalue weighted by molar-refractivity contribution is 5.29. The SMILES string of the molecule is CCc1ccc(C(C#N)C2CCCC2)cc1. The number of hydrogen-bond donors (Lipinski definition) is 0. The molecule has 1 aliphatic carbocycles. The average molecular weight is 213 g/mol. The second-order valence-corrected chi connectivity index (χ2v) is 4.75. The molecular weight excluding hydrogens is 194 g/mol. The zero-order valence-electron chi connectivity index (χ0n) is 9.95. The zero-order chi connectivity index (χ0) is 11.4. The molecule has 16 heavy (non-hydrogen) atoms. The minimum Gasteiger partial charge on any atom is -0.198 e. The van der Waals surface area contributed by atoms with Gasteiger partial charge in [-0.1, -0.05) is 44.0 Å². The second kappa shape index (κ2) is 5.16. The number of nitriles is 1. The fraction of sp³-hybridized carbons (Fsp3) is 0.533. The standard InChI is InChI=1S/C15H19N/c1-2-12-7-9-14(10-8-12)15(11-16)13-5-3-4-6-13/h7-10,13,15H,2-6H2,1H3. The largest absolute Gasteiger partial charge is 0.198 e. The van der Waals surface area contributed by atoms with Crippen molar-refractivity contribution < 1.29 is 0 Å². The molecule has 0 spiro atoms. The summed E-state index contributed by atoms with van der Waals surface area (Å²) in [6.07, 6.45) is 6.13. The summed E-state index contributed by atoms with van der Waals surface area (Å²) in [6, 6.07) is 11.1. The molecule has 0 heterocycles. The summed E-state index contributed by atoms with van der Waals surface area (Å²) >= 11 is 0. The lowest BCUT2D eigenvalue weighted by Gasteiger charge is -2.16. The summed E-state index contributed by atoms with van der Waals surface area (Å²) in [5.74, 6) is 0.714. The first-order valence-corrected chi connectivity index (χ1v) is 6.33. The van der Waals surface area contributed by atoms with Crippen molar-refractivity contribution in [1.82, 2.24) is 0 Å². The summed E-state index contributed by atoms with van der Waals surface area (Å²) in [4.78, 5) is 0. The smallest absolute Gasteiger partial charge is 0.0740 e. The molecule has 0 bridgehead atoms. The second-order valence-electron chi connectivity index (χ2n) is 4.75. The molecule has 1 heteroatoms. The van der Waals surface area contributed by atoms with Gasteiger partial charge in [-0.2, -0.15) is 5.26 Å². The van der Waals surface area contributed by atoms with Gasteiger partial charge in [-0.3, -0.25) is 0 Å². The van der Waals surface area contributed by atoms with E-state index in [1.165, 1.54) is 36.8 Å². The Kier molecular flexibility index (Phi) is 3.62. The predicted octanol–water partition coefficient (Wildman–Crippen LogP) is 4.05. The summed E-state index contributed by atoms with van der Waals surface area (Å²) in [6.45, 7) is 2.16. The van der Waals surface area contributed by atoms with E-state index in [2.05, 4.69) is 37.3 Å². The molecule has 1 aromatic rings. The van der Waals surface area contributed by atoms with Crippen LogP contribution in [0.3, 0.4) is 0 Å². The van der Waals surface area contributed by atoms with Gasteiger partial charge < -0.3 is 0 Å². The van der Waals surface area contributed by atoms with E-state index in [0.29, 0.717) is 5.92 Å². The average Bonchev–Trinajstić information content (AvgIpc) is 2.85. The Morgan fingerprint density at radius 1 is 1.25 bits per heavy atom. The zero-order valence-corrected chi connectivity index (χ0v) is 9.95. The van der Waals surface area contributed by atoms with Crippen LogP contribution in [-0.2, 0) is 6.42 Å². The monoisotopic (exact) mass is 213 g/mol. The molecule has 0 radical (unpaired) electrons. The van der Waals surface area contributed by atoms with Crippen LogP contribution in [0.1, 0.15) is 49.7 Å². The van der Waals surface area contributed by atoms with Crippen molar-refractivity contribution in [3.8, 4) is 6.07 Å². The maximum absolute atomic E-state index is 9.32. The van der Waals surface area contributed by atoms with E-state index in [1.807, 2.05) is 0 Å². The maximum atomic E-state index is 9.32. The molecule has 1 aromatic carbocycles. The van der Waals surface area contributed by atoms with Gasteiger partial charge in [-0.15, -0.1) is 0 Å². The van der Waals surface area contributed by atoms with Crippen molar-refractivity contribution in [3.05, 3.63) is 35.4 Å². The first-order chi connectivity index (χ1) is 7.85. The lowest BCUT2D eigenvalue weighted by Crippen LogP contribution is -2.07. The highest BCUT2D eigenvalue weighted by Gasteiger charge is 2.25. The molecule has 0 aliphatic heterocycles. The Labute approximate surface area is 98.1 Å². The highest BCUT2D eigenvalue weighted by atomic mass is 14.3. The van der Waals surface area contributed by atoms with Gasteiger partial charge in [0.25, 0.3) is 0 Å². The van der Waals surface area contributed by atoms with Gasteiger partial charge in [-0.05, 0) is 36.3 Å². The quantitative estimate of drug-likeness (QED) is 0.743. The number of hydrogen-bond acceptors (Lipinski definition) is 1. The fourth-order valence-electron chi connectivity index (χ4n) is 2.70. The van der Waals surface area contributed by atoms with Gasteiger partial charge in [0, 0.05) is 0 Å². The van der Waals surface area contributed by atoms with Gasteiger partial charge in [0.15, 0.2) is 0 Å². The lowest BCUT2D eigenvalue weighted by atomic mass is 9.85. The van der Waals surface area contributed by atoms with Crippen LogP contribution in [-0.4, -0.2) is 0 Å². The van der Waals surface area contributed by atoms with Gasteiger partial charge in [0.1, 0.15) is 0 Å². The van der Waals surface area contributed by atoms with Crippen LogP contribution in [0.25, 0.3) is 0 Å². The number of aryl methyl sites for hydroxylation is 1. The van der Waals surface area contributed by atoms with Gasteiger partial charge in [0.2, 0.25) is 0 Å². The molecule has 1 saturated carbocycles. The minimum absolute atomic E-state index is 0.119. The van der Waals surface area contributed by atoms with Crippen LogP contribution >= 0.6 is 0 Å². The number of nitrogens with zero attached hydrogens (tertiary/aromatic N) is 1. The van der Waals surface area contributed by atoms with E-state index in [9.17, 15) is 5.26 Å². The van der Waals surface area contributed by atoms with Crippen LogP contribution in [0, 0.1) is 17.2 Å². The summed E-state index contributed by atoms with van der Waals surface area (Å²) in [7, 11) is 0. The molecule has 0 amide bonds. The molecule has 1 fully saturated rings. The van der Waals surface area contributed by atoms with E-state index in [4.69, 9.17) is 0 Å². The van der Waals surface area contributed by atoms with Crippen molar-refractivity contribution in [3.63, 3.8) is 0 Å². The van der Waals surface area contributed by atoms with E-state index in [0.717, 1.165) is 6.42 Å². The molecule has 1 atom stereocenters. The summed E-state index contributed by atoms with van der Waals surface area (Å²) < 4.78 is 0. The molecular formula is C15H19N. The molecule has 1 nitrogen and oxygen atoms in total. The normalized spacial score (nSPS) is 18.2. The van der Waals surface area contributed by atoms with Crippen LogP contribution in [0.4, 0.5) is 0 Å². The van der Waals surface area contributed by atoms with Crippen LogP contribution in [0.2, 0.25) is 0 Å². The highest BCUT2D eigenvalue weighted by Crippen LogP contribution is 2.36. The Balaban J connectivity index is 2.16. The maximum Gasteiger partial charge on any atom is 0.0740 e. The molecule has 1 unspecified atom stereocenters. The van der Waals surface area contributed by atoms with E-state index in [1.54, 1.807) is 0 Å². The summed E-state index contributed by atoms with van der Waals surface area (Å²) in [5, 5.41) is 9.32. The van der Waals surface area contributed by atoms with Crippen molar-refractivity contribution in [2.75, 3.05) is 0 Å². The summed E-state index contributed by atoms with van der Waals surface area (Å²) in [5.41, 5.74) is 2.57. The fourth-order valence-corrected chi connectivity index (χ4v) is 2.70. The van der Waals surface area contributed by atoms with Crippen LogP contribution in [0.5, 0.6) is 0 Å². The number of benzene rings is 1. The van der Waals surface area contributed by atoms with Crippen LogP contribution in [0.15, 0.2) is 24.3 Å². The Morgan fingerprint density at radius 3 is 2.38 bits per heavy atom. The third kappa shape index (κ3) is 2.27. The van der Waals surface area contributed by atoms with Gasteiger partial charge >= 0.3 is 0 Å². The number of rotatable bonds is 3. The van der Waals surface area contributed by atoms with Crippen molar-refractivity contribution in [2.24, 2.45) is 5.92 Å². The van der Waals surface area contributed by atoms with Crippen molar-refractivity contribution in [2.45, 2.75) is 44.9 Å². The molecule has 1 aliphatic rings. The lowest BCUT2D eigenvalue weighted by molar-refractivity contribution is 0.501. The predicted molar refractivity (Wildman–Crippen MR) is 66.1 cm³/mol. The molecule has 0 saturated heterocycles. The first-order valence-electron chi connectivity index (χ1n) is 6.33. The van der Waals surface area contributed by atoms with Gasteiger partial charge in [0.05, 0.1) is 12.0 Å². The molecule has 0 N–H and O–H groups in total. The van der Waals surface area contributed by atoms with Crippen LogP contribution < -0.4 is 0 Å². The first kappa shape index (κ1) is 11.2. The minimum atomic E-state index is 0.119. The Hall–Kier alpha value is -1.29. The third-order valence-electron chi connectivity index (χ3n) is 3.76. The topological polar surface area (TPSA) is 23.8 Å². The van der Waals surface area contributed by atoms with E-state index in [-0.39, 0.29) is 5.92 Å². The third-order valence-corrected chi connectivity index (χ3v) is 3.76. The van der Waals surface area contributed by atoms with Crippen molar-refractivity contribution >= 4 is 0 Å². The van der Waals surface area contributed by atoms with Gasteiger partial charge in [-0.25, -0.2) is 0 Å². The van der Waals surface area contributed by atoms with E-state index < -0.39 is 0 Å². The van der Waals surface area contributed by atoms with E-state index >= 15 is 0 Å². The Morgan fingerprint density at radius 2 is 1.88 bits per heavy atom.